The fraction of sp³-hybridized carbons (Fsp3) is 0.344. The first-order valence-electron chi connectivity index (χ1n) is 13.2. The Morgan fingerprint density at radius 3 is 2.29 bits per heavy atom. The Balaban J connectivity index is 1.42. The largest absolute Gasteiger partial charge is 0.369 e. The van der Waals surface area contributed by atoms with Crippen LogP contribution < -0.4 is 10.2 Å². The second-order valence-corrected chi connectivity index (χ2v) is 9.83. The summed E-state index contributed by atoms with van der Waals surface area (Å²) in [6, 6.07) is 24.8. The van der Waals surface area contributed by atoms with Crippen LogP contribution >= 0.6 is 0 Å². The molecule has 0 saturated carbocycles. The summed E-state index contributed by atoms with van der Waals surface area (Å²) in [6.45, 7) is 4.31. The van der Waals surface area contributed by atoms with Gasteiger partial charge in [0.2, 0.25) is 0 Å². The third-order valence-corrected chi connectivity index (χ3v) is 7.19. The summed E-state index contributed by atoms with van der Waals surface area (Å²) in [6.07, 6.45) is 10.1. The van der Waals surface area contributed by atoms with Crippen molar-refractivity contribution < 1.29 is 0 Å². The number of pyridine rings is 1. The van der Waals surface area contributed by atoms with E-state index in [1.54, 1.807) is 4.90 Å². The van der Waals surface area contributed by atoms with E-state index >= 15 is 0 Å². The molecule has 3 aromatic rings. The molecule has 1 aliphatic heterocycles. The van der Waals surface area contributed by atoms with Gasteiger partial charge in [-0.15, -0.1) is 6.42 Å². The maximum absolute atomic E-state index is 10.1. The number of benzene rings is 2. The normalized spacial score (nSPS) is 13.7. The third-order valence-electron chi connectivity index (χ3n) is 7.19. The lowest BCUT2D eigenvalue weighted by atomic mass is 9.92. The van der Waals surface area contributed by atoms with E-state index in [1.807, 2.05) is 37.4 Å². The van der Waals surface area contributed by atoms with Gasteiger partial charge in [-0.3, -0.25) is 4.90 Å². The lowest BCUT2D eigenvalue weighted by Gasteiger charge is -2.32. The van der Waals surface area contributed by atoms with Gasteiger partial charge in [0, 0.05) is 25.7 Å². The summed E-state index contributed by atoms with van der Waals surface area (Å²) in [5, 5.41) is 23.6. The van der Waals surface area contributed by atoms with Crippen LogP contribution in [-0.4, -0.2) is 43.1 Å². The number of nitrogens with one attached hydrogen (secondary N) is 1. The summed E-state index contributed by atoms with van der Waals surface area (Å²) >= 11 is 0. The number of aromatic nitrogens is 1. The topological polar surface area (TPSA) is 79.0 Å². The Morgan fingerprint density at radius 2 is 1.66 bits per heavy atom. The third kappa shape index (κ3) is 6.51. The van der Waals surface area contributed by atoms with Gasteiger partial charge in [0.25, 0.3) is 0 Å². The minimum Gasteiger partial charge on any atom is -0.369 e. The highest BCUT2D eigenvalue weighted by molar-refractivity contribution is 5.85. The van der Waals surface area contributed by atoms with Gasteiger partial charge in [0.1, 0.15) is 34.9 Å². The predicted molar refractivity (Wildman–Crippen MR) is 153 cm³/mol. The van der Waals surface area contributed by atoms with Crippen LogP contribution in [0.2, 0.25) is 0 Å². The summed E-state index contributed by atoms with van der Waals surface area (Å²) in [5.41, 5.74) is 3.53. The van der Waals surface area contributed by atoms with Gasteiger partial charge in [0.05, 0.1) is 6.54 Å². The first kappa shape index (κ1) is 26.7. The number of rotatable bonds is 10. The van der Waals surface area contributed by atoms with E-state index in [-0.39, 0.29) is 0 Å². The summed E-state index contributed by atoms with van der Waals surface area (Å²) in [5.74, 6) is 4.32. The minimum absolute atomic E-state index is 0.310. The van der Waals surface area contributed by atoms with E-state index < -0.39 is 0 Å². The van der Waals surface area contributed by atoms with E-state index in [4.69, 9.17) is 11.4 Å². The average Bonchev–Trinajstić information content (AvgIpc) is 2.96. The van der Waals surface area contributed by atoms with Gasteiger partial charge in [0.15, 0.2) is 0 Å². The van der Waals surface area contributed by atoms with Crippen LogP contribution in [-0.2, 0) is 6.54 Å². The van der Waals surface area contributed by atoms with Crippen LogP contribution in [0.4, 0.5) is 11.6 Å². The number of piperidine rings is 1. The zero-order valence-corrected chi connectivity index (χ0v) is 22.0. The summed E-state index contributed by atoms with van der Waals surface area (Å²) in [4.78, 5) is 9.04. The van der Waals surface area contributed by atoms with Crippen molar-refractivity contribution in [2.45, 2.75) is 32.2 Å². The lowest BCUT2D eigenvalue weighted by Crippen LogP contribution is -2.33. The highest BCUT2D eigenvalue weighted by Crippen LogP contribution is 2.36. The fourth-order valence-electron chi connectivity index (χ4n) is 5.17. The van der Waals surface area contributed by atoms with Crippen LogP contribution in [0.3, 0.4) is 0 Å². The van der Waals surface area contributed by atoms with E-state index in [9.17, 15) is 10.5 Å². The molecule has 38 heavy (non-hydrogen) atoms. The van der Waals surface area contributed by atoms with Crippen LogP contribution in [0.1, 0.15) is 42.4 Å². The van der Waals surface area contributed by atoms with Crippen molar-refractivity contribution in [2.24, 2.45) is 5.92 Å². The molecule has 0 radical (unpaired) electrons. The fourth-order valence-corrected chi connectivity index (χ4v) is 5.17. The predicted octanol–water partition coefficient (Wildman–Crippen LogP) is 5.67. The minimum atomic E-state index is 0.310. The van der Waals surface area contributed by atoms with Gasteiger partial charge in [-0.05, 0) is 55.8 Å². The van der Waals surface area contributed by atoms with E-state index in [1.165, 1.54) is 18.4 Å². The van der Waals surface area contributed by atoms with Crippen molar-refractivity contribution >= 4 is 11.6 Å². The Kier molecular flexibility index (Phi) is 9.36. The van der Waals surface area contributed by atoms with Crippen LogP contribution in [0.25, 0.3) is 11.1 Å². The molecule has 0 amide bonds. The Labute approximate surface area is 226 Å². The quantitative estimate of drug-likeness (QED) is 0.284. The molecule has 0 spiro atoms. The van der Waals surface area contributed by atoms with Gasteiger partial charge < -0.3 is 10.2 Å². The molecule has 2 heterocycles. The molecule has 6 nitrogen and oxygen atoms in total. The highest BCUT2D eigenvalue weighted by Gasteiger charge is 2.23. The smallest absolute Gasteiger partial charge is 0.150 e. The van der Waals surface area contributed by atoms with Gasteiger partial charge in [-0.25, -0.2) is 4.98 Å². The molecule has 0 unspecified atom stereocenters. The van der Waals surface area contributed by atoms with Crippen molar-refractivity contribution in [1.29, 1.82) is 10.5 Å². The molecule has 0 bridgehead atoms. The van der Waals surface area contributed by atoms with Gasteiger partial charge in [-0.2, -0.15) is 10.5 Å². The Morgan fingerprint density at radius 1 is 1.00 bits per heavy atom. The van der Waals surface area contributed by atoms with Crippen molar-refractivity contribution in [3.8, 4) is 35.6 Å². The van der Waals surface area contributed by atoms with Crippen molar-refractivity contribution in [1.82, 2.24) is 9.88 Å². The summed E-state index contributed by atoms with van der Waals surface area (Å²) in [7, 11) is 1.82. The average molecular weight is 503 g/mol. The highest BCUT2D eigenvalue weighted by atomic mass is 15.2. The number of terminal acetylenes is 1. The zero-order chi connectivity index (χ0) is 26.7. The molecule has 0 aliphatic carbocycles. The molecule has 1 aliphatic rings. The molecule has 192 valence electrons. The number of hydrogen-bond acceptors (Lipinski definition) is 6. The number of hydrogen-bond donors (Lipinski definition) is 1. The van der Waals surface area contributed by atoms with Crippen molar-refractivity contribution in [3.05, 3.63) is 77.4 Å². The molecular formula is C32H34N6. The maximum Gasteiger partial charge on any atom is 0.150 e. The SMILES string of the molecule is C#CCN(C)c1nc(NCCCC2CCN(Cc3ccccc3)CC2)c(C#N)c(-c2ccccc2)c1C#N. The molecule has 0 atom stereocenters. The lowest BCUT2D eigenvalue weighted by molar-refractivity contribution is 0.171. The first-order chi connectivity index (χ1) is 18.6. The standard InChI is InChI=1S/C32H34N6/c1-3-19-37(2)32-29(23-34)30(27-14-8-5-9-15-27)28(22-33)31(36-32)35-18-10-13-25-16-20-38(21-17-25)24-26-11-6-4-7-12-26/h1,4-9,11-12,14-15,25H,10,13,16-21,24H2,2H3,(H,35,36). The first-order valence-corrected chi connectivity index (χ1v) is 13.2. The number of anilines is 2. The van der Waals surface area contributed by atoms with E-state index in [2.05, 4.69) is 58.6 Å². The molecule has 1 fully saturated rings. The molecule has 1 saturated heterocycles. The van der Waals surface area contributed by atoms with E-state index in [0.29, 0.717) is 47.3 Å². The van der Waals surface area contributed by atoms with Gasteiger partial charge in [-0.1, -0.05) is 66.6 Å². The molecular weight excluding hydrogens is 468 g/mol. The molecule has 2 aromatic carbocycles. The van der Waals surface area contributed by atoms with Crippen molar-refractivity contribution in [3.63, 3.8) is 0 Å². The Hall–Kier alpha value is -4.31. The van der Waals surface area contributed by atoms with Crippen LogP contribution in [0.5, 0.6) is 0 Å². The maximum atomic E-state index is 10.1. The molecule has 1 aromatic heterocycles. The number of likely N-dealkylation sites (tertiary alicyclic amines) is 1. The molecule has 4 rings (SSSR count). The van der Waals surface area contributed by atoms with Crippen molar-refractivity contribution in [2.75, 3.05) is 43.4 Å². The molecule has 1 N–H and O–H groups in total. The molecule has 6 heteroatoms. The van der Waals surface area contributed by atoms with Crippen LogP contribution in [0, 0.1) is 40.9 Å². The second-order valence-electron chi connectivity index (χ2n) is 9.83. The van der Waals surface area contributed by atoms with Crippen LogP contribution in [0.15, 0.2) is 60.7 Å². The van der Waals surface area contributed by atoms with Gasteiger partial charge >= 0.3 is 0 Å². The monoisotopic (exact) mass is 502 g/mol. The number of nitrogens with zero attached hydrogens (tertiary/aromatic N) is 5. The Bertz CT molecular complexity index is 1320. The summed E-state index contributed by atoms with van der Waals surface area (Å²) < 4.78 is 0. The zero-order valence-electron chi connectivity index (χ0n) is 22.0. The second kappa shape index (κ2) is 13.3. The van der Waals surface area contributed by atoms with E-state index in [0.717, 1.165) is 38.0 Å². The number of nitriles is 2.